The number of rotatable bonds is 8. The van der Waals surface area contributed by atoms with E-state index in [1.807, 2.05) is 13.0 Å². The second-order valence-electron chi connectivity index (χ2n) is 5.23. The van der Waals surface area contributed by atoms with Crippen LogP contribution < -0.4 is 10.1 Å². The molecule has 0 aliphatic heterocycles. The van der Waals surface area contributed by atoms with Gasteiger partial charge in [0, 0.05) is 24.7 Å². The fourth-order valence-electron chi connectivity index (χ4n) is 1.65. The first-order valence-corrected chi connectivity index (χ1v) is 7.01. The van der Waals surface area contributed by atoms with Gasteiger partial charge in [-0.2, -0.15) is 0 Å². The van der Waals surface area contributed by atoms with Crippen molar-refractivity contribution in [1.82, 2.24) is 10.3 Å². The van der Waals surface area contributed by atoms with E-state index in [0.29, 0.717) is 12.5 Å². The maximum atomic E-state index is 5.73. The summed E-state index contributed by atoms with van der Waals surface area (Å²) in [6, 6.07) is 4.17. The number of hydrogen-bond acceptors (Lipinski definition) is 3. The molecule has 0 aliphatic rings. The van der Waals surface area contributed by atoms with Gasteiger partial charge in [0.05, 0.1) is 6.61 Å². The van der Waals surface area contributed by atoms with Crippen LogP contribution in [0.15, 0.2) is 24.3 Å². The molecule has 0 fully saturated rings. The Bertz CT molecular complexity index is 413. The summed E-state index contributed by atoms with van der Waals surface area (Å²) in [7, 11) is 0. The van der Waals surface area contributed by atoms with Gasteiger partial charge in [-0.05, 0) is 31.0 Å². The number of ether oxygens (including phenoxy) is 1. The van der Waals surface area contributed by atoms with Crippen molar-refractivity contribution < 1.29 is 4.74 Å². The molecule has 106 valence electrons. The van der Waals surface area contributed by atoms with Crippen molar-refractivity contribution in [3.8, 4) is 5.88 Å². The average Bonchev–Trinajstić information content (AvgIpc) is 2.35. The number of aromatic nitrogens is 1. The van der Waals surface area contributed by atoms with Crippen LogP contribution in [0.5, 0.6) is 5.88 Å². The number of nitrogens with zero attached hydrogens (tertiary/aromatic N) is 1. The van der Waals surface area contributed by atoms with Gasteiger partial charge in [0.15, 0.2) is 0 Å². The Balaban J connectivity index is 2.77. The van der Waals surface area contributed by atoms with Crippen LogP contribution in [-0.2, 0) is 6.54 Å². The predicted octanol–water partition coefficient (Wildman–Crippen LogP) is 3.66. The summed E-state index contributed by atoms with van der Waals surface area (Å²) in [6.07, 6.45) is 0.871. The molecular weight excluding hydrogens is 236 g/mol. The van der Waals surface area contributed by atoms with Crippen LogP contribution >= 0.6 is 0 Å². The highest BCUT2D eigenvalue weighted by molar-refractivity contribution is 5.26. The summed E-state index contributed by atoms with van der Waals surface area (Å²) in [6.45, 7) is 14.8. The lowest BCUT2D eigenvalue weighted by Crippen LogP contribution is -2.13. The Morgan fingerprint density at radius 1 is 1.42 bits per heavy atom. The van der Waals surface area contributed by atoms with Crippen LogP contribution in [0, 0.1) is 0 Å². The molecule has 0 aromatic carbocycles. The molecule has 1 heterocycles. The predicted molar refractivity (Wildman–Crippen MR) is 80.6 cm³/mol. The SMILES string of the molecule is C=C(C)CCOc1cc(CNCC)cc(C(C)C)n1. The van der Waals surface area contributed by atoms with Crippen LogP contribution in [0.4, 0.5) is 0 Å². The molecule has 0 spiro atoms. The van der Waals surface area contributed by atoms with Gasteiger partial charge < -0.3 is 10.1 Å². The van der Waals surface area contributed by atoms with Crippen LogP contribution in [-0.4, -0.2) is 18.1 Å². The van der Waals surface area contributed by atoms with Crippen molar-refractivity contribution in [3.63, 3.8) is 0 Å². The van der Waals surface area contributed by atoms with E-state index in [2.05, 4.69) is 43.7 Å². The molecule has 0 unspecified atom stereocenters. The third-order valence-corrected chi connectivity index (χ3v) is 2.83. The van der Waals surface area contributed by atoms with Gasteiger partial charge in [-0.15, -0.1) is 6.58 Å². The van der Waals surface area contributed by atoms with Gasteiger partial charge in [-0.3, -0.25) is 0 Å². The number of nitrogens with one attached hydrogen (secondary N) is 1. The Morgan fingerprint density at radius 3 is 2.74 bits per heavy atom. The topological polar surface area (TPSA) is 34.1 Å². The fourth-order valence-corrected chi connectivity index (χ4v) is 1.65. The highest BCUT2D eigenvalue weighted by Crippen LogP contribution is 2.19. The van der Waals surface area contributed by atoms with Gasteiger partial charge >= 0.3 is 0 Å². The Kier molecular flexibility index (Phi) is 6.57. The summed E-state index contributed by atoms with van der Waals surface area (Å²) >= 11 is 0. The van der Waals surface area contributed by atoms with E-state index in [-0.39, 0.29) is 0 Å². The molecule has 0 bridgehead atoms. The molecule has 19 heavy (non-hydrogen) atoms. The molecule has 3 nitrogen and oxygen atoms in total. The zero-order valence-corrected chi connectivity index (χ0v) is 12.6. The molecule has 1 rings (SSSR count). The quantitative estimate of drug-likeness (QED) is 0.726. The van der Waals surface area contributed by atoms with Crippen LogP contribution in [0.2, 0.25) is 0 Å². The van der Waals surface area contributed by atoms with Gasteiger partial charge in [-0.25, -0.2) is 4.98 Å². The van der Waals surface area contributed by atoms with E-state index in [4.69, 9.17) is 4.74 Å². The summed E-state index contributed by atoms with van der Waals surface area (Å²) in [5.74, 6) is 1.13. The van der Waals surface area contributed by atoms with E-state index < -0.39 is 0 Å². The first kappa shape index (κ1) is 15.7. The lowest BCUT2D eigenvalue weighted by Gasteiger charge is -2.12. The molecule has 0 atom stereocenters. The standard InChI is InChI=1S/C16H26N2O/c1-6-17-11-14-9-15(13(4)5)18-16(10-14)19-8-7-12(2)3/h9-10,13,17H,2,6-8,11H2,1,3-5H3. The Morgan fingerprint density at radius 2 is 2.16 bits per heavy atom. The molecule has 0 radical (unpaired) electrons. The third kappa shape index (κ3) is 5.88. The van der Waals surface area contributed by atoms with Crippen LogP contribution in [0.1, 0.15) is 51.3 Å². The van der Waals surface area contributed by atoms with Gasteiger partial charge in [0.1, 0.15) is 0 Å². The summed E-state index contributed by atoms with van der Waals surface area (Å²) in [4.78, 5) is 4.56. The molecule has 0 saturated carbocycles. The zero-order chi connectivity index (χ0) is 14.3. The molecule has 0 amide bonds. The first-order valence-electron chi connectivity index (χ1n) is 7.01. The Hall–Kier alpha value is -1.35. The monoisotopic (exact) mass is 262 g/mol. The molecule has 3 heteroatoms. The second kappa shape index (κ2) is 7.95. The van der Waals surface area contributed by atoms with Gasteiger partial charge in [0.25, 0.3) is 0 Å². The van der Waals surface area contributed by atoms with Gasteiger partial charge in [-0.1, -0.05) is 26.3 Å². The smallest absolute Gasteiger partial charge is 0.213 e. The van der Waals surface area contributed by atoms with Crippen molar-refractivity contribution in [2.75, 3.05) is 13.2 Å². The lowest BCUT2D eigenvalue weighted by atomic mass is 10.1. The molecule has 1 aromatic rings. The highest BCUT2D eigenvalue weighted by atomic mass is 16.5. The van der Waals surface area contributed by atoms with E-state index in [0.717, 1.165) is 36.7 Å². The summed E-state index contributed by atoms with van der Waals surface area (Å²) in [5, 5.41) is 3.33. The normalized spacial score (nSPS) is 10.8. The van der Waals surface area contributed by atoms with Crippen LogP contribution in [0.25, 0.3) is 0 Å². The average molecular weight is 262 g/mol. The molecule has 1 aromatic heterocycles. The minimum atomic E-state index is 0.407. The maximum Gasteiger partial charge on any atom is 0.213 e. The van der Waals surface area contributed by atoms with E-state index >= 15 is 0 Å². The van der Waals surface area contributed by atoms with Crippen molar-refractivity contribution in [3.05, 3.63) is 35.5 Å². The van der Waals surface area contributed by atoms with Crippen molar-refractivity contribution in [1.29, 1.82) is 0 Å². The largest absolute Gasteiger partial charge is 0.477 e. The van der Waals surface area contributed by atoms with Crippen LogP contribution in [0.3, 0.4) is 0 Å². The number of hydrogen-bond donors (Lipinski definition) is 1. The zero-order valence-electron chi connectivity index (χ0n) is 12.6. The van der Waals surface area contributed by atoms with Gasteiger partial charge in [0.2, 0.25) is 5.88 Å². The minimum Gasteiger partial charge on any atom is -0.477 e. The Labute approximate surface area is 117 Å². The lowest BCUT2D eigenvalue weighted by molar-refractivity contribution is 0.307. The minimum absolute atomic E-state index is 0.407. The van der Waals surface area contributed by atoms with E-state index in [1.54, 1.807) is 0 Å². The highest BCUT2D eigenvalue weighted by Gasteiger charge is 2.07. The second-order valence-corrected chi connectivity index (χ2v) is 5.23. The van der Waals surface area contributed by atoms with E-state index in [9.17, 15) is 0 Å². The third-order valence-electron chi connectivity index (χ3n) is 2.83. The number of pyridine rings is 1. The molecular formula is C16H26N2O. The van der Waals surface area contributed by atoms with E-state index in [1.165, 1.54) is 5.56 Å². The molecule has 0 aliphatic carbocycles. The van der Waals surface area contributed by atoms with Crippen molar-refractivity contribution in [2.45, 2.75) is 46.6 Å². The van der Waals surface area contributed by atoms with Crippen molar-refractivity contribution in [2.24, 2.45) is 0 Å². The maximum absolute atomic E-state index is 5.73. The van der Waals surface area contributed by atoms with Crippen molar-refractivity contribution >= 4 is 0 Å². The molecule has 0 saturated heterocycles. The summed E-state index contributed by atoms with van der Waals surface area (Å²) < 4.78 is 5.73. The molecule has 1 N–H and O–H groups in total. The fraction of sp³-hybridized carbons (Fsp3) is 0.562. The first-order chi connectivity index (χ1) is 9.02. The summed E-state index contributed by atoms with van der Waals surface area (Å²) in [5.41, 5.74) is 3.44.